The molecule has 8 aromatic carbocycles. The van der Waals surface area contributed by atoms with Crippen molar-refractivity contribution in [2.75, 3.05) is 47.9 Å². The average molecular weight is 1610 g/mol. The molecule has 3 aromatic heterocycles. The fourth-order valence-corrected chi connectivity index (χ4v) is 14.8. The monoisotopic (exact) mass is 1610 g/mol. The molecule has 0 fully saturated rings. The number of carbonyl (C=O) groups excluding carboxylic acids is 2. The number of carboxylic acids is 1. The minimum Gasteiger partial charge on any atom is -0.508 e. The van der Waals surface area contributed by atoms with Gasteiger partial charge in [-0.2, -0.15) is 0 Å². The van der Waals surface area contributed by atoms with E-state index in [9.17, 15) is 34.1 Å². The van der Waals surface area contributed by atoms with E-state index in [1.807, 2.05) is 134 Å². The van der Waals surface area contributed by atoms with Gasteiger partial charge in [-0.1, -0.05) is 201 Å². The molecule has 118 heavy (non-hydrogen) atoms. The van der Waals surface area contributed by atoms with Crippen LogP contribution in [0.25, 0.3) is 67.4 Å². The summed E-state index contributed by atoms with van der Waals surface area (Å²) in [6.45, 7) is 34.7. The van der Waals surface area contributed by atoms with Crippen LogP contribution in [0.3, 0.4) is 0 Å². The second kappa shape index (κ2) is 41.7. The van der Waals surface area contributed by atoms with E-state index in [4.69, 9.17) is 30.1 Å². The number of benzene rings is 8. The van der Waals surface area contributed by atoms with Crippen LogP contribution in [0, 0.1) is 13.8 Å². The molecule has 0 atom stereocenters. The van der Waals surface area contributed by atoms with E-state index >= 15 is 0 Å². The number of phenolic OH excluding ortho intramolecular Hbond substituents is 2. The number of hydrogen-bond acceptors (Lipinski definition) is 17. The Kier molecular flexibility index (Phi) is 32.1. The maximum absolute atomic E-state index is 13.4. The molecule has 14 rings (SSSR count). The lowest BCUT2D eigenvalue weighted by molar-refractivity contribution is 0.0685. The number of ether oxygens (including phenoxy) is 2. The summed E-state index contributed by atoms with van der Waals surface area (Å²) in [5, 5.41) is 49.3. The number of nitrogens with one attached hydrogen (secondary N) is 2. The Morgan fingerprint density at radius 2 is 0.797 bits per heavy atom. The fraction of sp³-hybridized carbons (Fsp3) is 0.381. The fourth-order valence-electron chi connectivity index (χ4n) is 14.8. The van der Waals surface area contributed by atoms with Crippen molar-refractivity contribution in [1.82, 2.24) is 40.8 Å². The minimum absolute atomic E-state index is 0. The Bertz CT molecular complexity index is 5240. The molecule has 0 unspecified atom stereocenters. The largest absolute Gasteiger partial charge is 0.508 e. The number of aryl methyl sites for hydroxylation is 2. The van der Waals surface area contributed by atoms with Gasteiger partial charge in [0.2, 0.25) is 0 Å². The first-order chi connectivity index (χ1) is 55.8. The Morgan fingerprint density at radius 1 is 0.475 bits per heavy atom. The molecule has 21 heteroatoms. The lowest BCUT2D eigenvalue weighted by Crippen LogP contribution is -2.30. The van der Waals surface area contributed by atoms with Gasteiger partial charge in [0.05, 0.1) is 41.9 Å². The number of aromatic carboxylic acids is 1. The summed E-state index contributed by atoms with van der Waals surface area (Å²) in [7, 11) is 5.35. The zero-order valence-electron chi connectivity index (χ0n) is 71.1. The lowest BCUT2D eigenvalue weighted by Gasteiger charge is -2.25. The third-order valence-corrected chi connectivity index (χ3v) is 20.6. The van der Waals surface area contributed by atoms with Crippen molar-refractivity contribution in [2.24, 2.45) is 5.73 Å². The highest BCUT2D eigenvalue weighted by Gasteiger charge is 2.33. The number of halogens is 1. The predicted octanol–water partition coefficient (Wildman–Crippen LogP) is 20.7. The van der Waals surface area contributed by atoms with E-state index in [0.29, 0.717) is 87.3 Å². The maximum Gasteiger partial charge on any atom is 0.358 e. The molecule has 628 valence electrons. The summed E-state index contributed by atoms with van der Waals surface area (Å²) in [6.07, 6.45) is 2.78. The Labute approximate surface area is 698 Å². The smallest absolute Gasteiger partial charge is 0.358 e. The SMILES string of the molecule is C.C.CC(C)N.CC(C)NC(=O)c1noc(-c2cc(C(C)C)c(O)cc2O)c1-c1ccc2c(c1)CCN(C)C2.Cc1cc(OCc2ccccc2)c(-c2onc(C(=O)NC(C)C)c2-c2ccc3c(c2)CCN(C)C3)cc1C(C)C.Cc1cc(OCc2ccccc2)c(-c2onc(C(=O)O)c2-c2ccc3c(c2)CCN(C)C3)cc1C(C)C.[2H]CF. The number of nitrogens with zero attached hydrogens (tertiary/aromatic N) is 6. The van der Waals surface area contributed by atoms with Crippen LogP contribution >= 0.6 is 0 Å². The quantitative estimate of drug-likeness (QED) is 0.0414. The van der Waals surface area contributed by atoms with E-state index < -0.39 is 13.1 Å². The number of hydrogen-bond donors (Lipinski definition) is 6. The summed E-state index contributed by atoms with van der Waals surface area (Å²) in [5.41, 5.74) is 26.6. The number of alkyl halides is 1. The van der Waals surface area contributed by atoms with Crippen LogP contribution in [-0.2, 0) is 52.1 Å². The van der Waals surface area contributed by atoms with Crippen molar-refractivity contribution in [3.8, 4) is 90.3 Å². The topological polar surface area (TPSA) is 268 Å². The van der Waals surface area contributed by atoms with Gasteiger partial charge in [0, 0.05) is 57.4 Å². The number of fused-ring (bicyclic) bond motifs is 3. The van der Waals surface area contributed by atoms with Crippen molar-refractivity contribution >= 4 is 17.8 Å². The van der Waals surface area contributed by atoms with Crippen molar-refractivity contribution in [2.45, 2.75) is 200 Å². The van der Waals surface area contributed by atoms with Crippen LogP contribution in [0.4, 0.5) is 4.39 Å². The highest BCUT2D eigenvalue weighted by Crippen LogP contribution is 2.47. The first-order valence-corrected chi connectivity index (χ1v) is 39.9. The van der Waals surface area contributed by atoms with Crippen LogP contribution in [0.15, 0.2) is 165 Å². The molecule has 2 amide bonds. The summed E-state index contributed by atoms with van der Waals surface area (Å²) in [5.74, 6) is 1.38. The Hall–Kier alpha value is -11.2. The molecule has 11 aromatic rings. The van der Waals surface area contributed by atoms with Gasteiger partial charge in [-0.3, -0.25) is 14.0 Å². The van der Waals surface area contributed by atoms with Gasteiger partial charge < -0.3 is 69.4 Å². The van der Waals surface area contributed by atoms with Crippen LogP contribution in [-0.4, -0.2) is 129 Å². The Morgan fingerprint density at radius 3 is 1.13 bits per heavy atom. The molecule has 0 radical (unpaired) electrons. The van der Waals surface area contributed by atoms with Crippen molar-refractivity contribution in [3.05, 3.63) is 241 Å². The number of rotatable bonds is 20. The number of amides is 2. The van der Waals surface area contributed by atoms with Crippen LogP contribution in [0.5, 0.6) is 23.0 Å². The average Bonchev–Trinajstić information content (AvgIpc) is 1.67. The van der Waals surface area contributed by atoms with Gasteiger partial charge >= 0.3 is 5.97 Å². The number of carbonyl (C=O) groups is 3. The van der Waals surface area contributed by atoms with Crippen LogP contribution < -0.4 is 25.8 Å². The van der Waals surface area contributed by atoms with E-state index in [2.05, 4.69) is 164 Å². The molecule has 0 bridgehead atoms. The van der Waals surface area contributed by atoms with E-state index in [1.54, 1.807) is 6.07 Å². The molecule has 6 heterocycles. The number of likely N-dealkylation sites (N-methyl/N-ethyl adjacent to an activating group) is 3. The van der Waals surface area contributed by atoms with Gasteiger partial charge in [0.15, 0.2) is 34.4 Å². The number of nitrogens with two attached hydrogens (primary N) is 1. The van der Waals surface area contributed by atoms with Gasteiger partial charge in [-0.25, -0.2) is 4.79 Å². The number of aromatic nitrogens is 3. The summed E-state index contributed by atoms with van der Waals surface area (Å²) in [4.78, 5) is 45.5. The predicted molar refractivity (Wildman–Crippen MR) is 471 cm³/mol. The molecular formula is C97H122FN9O11. The molecule has 3 aliphatic heterocycles. The molecule has 7 N–H and O–H groups in total. The van der Waals surface area contributed by atoms with Gasteiger partial charge in [-0.15, -0.1) is 0 Å². The maximum atomic E-state index is 13.4. The summed E-state index contributed by atoms with van der Waals surface area (Å²) >= 11 is 0. The zero-order chi connectivity index (χ0) is 84.6. The highest BCUT2D eigenvalue weighted by atomic mass is 19.1. The van der Waals surface area contributed by atoms with Crippen LogP contribution in [0.2, 0.25) is 0 Å². The molecule has 3 aliphatic rings. The second-order valence-corrected chi connectivity index (χ2v) is 32.3. The van der Waals surface area contributed by atoms with E-state index in [1.165, 1.54) is 45.0 Å². The Balaban J connectivity index is 0.000000213. The summed E-state index contributed by atoms with van der Waals surface area (Å²) in [6, 6.07) is 50.4. The second-order valence-electron chi connectivity index (χ2n) is 32.3. The molecular weight excluding hydrogens is 1490 g/mol. The third kappa shape index (κ3) is 22.5. The molecule has 20 nitrogen and oxygen atoms in total. The third-order valence-electron chi connectivity index (χ3n) is 20.6. The van der Waals surface area contributed by atoms with Crippen molar-refractivity contribution < 1.29 is 58.5 Å². The number of aromatic hydroxyl groups is 2. The van der Waals surface area contributed by atoms with Gasteiger partial charge in [-0.05, 0) is 225 Å². The van der Waals surface area contributed by atoms with Crippen molar-refractivity contribution in [1.29, 1.82) is 0 Å². The van der Waals surface area contributed by atoms with Crippen molar-refractivity contribution in [3.63, 3.8) is 0 Å². The summed E-state index contributed by atoms with van der Waals surface area (Å²) < 4.78 is 45.8. The zero-order valence-corrected chi connectivity index (χ0v) is 70.1. The minimum atomic E-state index is -1.12. The highest BCUT2D eigenvalue weighted by molar-refractivity contribution is 6.04. The molecule has 0 saturated heterocycles. The number of phenols is 2. The van der Waals surface area contributed by atoms with Gasteiger partial charge in [0.1, 0.15) is 36.2 Å². The first kappa shape index (κ1) is 90.7. The first-order valence-electron chi connectivity index (χ1n) is 40.6. The normalized spacial score (nSPS) is 13.2. The van der Waals surface area contributed by atoms with E-state index in [-0.39, 0.29) is 79.2 Å². The van der Waals surface area contributed by atoms with Crippen LogP contribution in [0.1, 0.15) is 221 Å². The lowest BCUT2D eigenvalue weighted by atomic mass is 9.90. The molecule has 0 spiro atoms. The van der Waals surface area contributed by atoms with Gasteiger partial charge in [0.25, 0.3) is 11.8 Å². The van der Waals surface area contributed by atoms with E-state index in [0.717, 1.165) is 109 Å². The standard InChI is InChI=1S/C34H39N3O3.C31H32N2O4.C26H31N3O4.C3H9N.CH3F.2CH4/c1-21(2)28-18-29(30(16-23(28)5)39-20-24-10-8-7-9-11-24)33-31(32(36-40-33)34(38)35-22(3)4)26-12-13-27-19-37(6)15-14-25(27)17-26;1-19(2)25-16-26(27(14-20(25)3)36-18-21-8-6-5-7-9-21)30-28(29(31(34)35)32-37-30)23-10-11-24-17-33(4)13-12-22(24)15-23;1-14(2)19-11-20(22(31)12-21(19)30)25-23(24(28-33-25)26(32)27-15(3)4)17-6-7-18-13-29(5)9-8-16(18)10-17;1-3(2)4;1-2;;/h7-13,16-18,21-22H,14-15,19-20H2,1-6H3,(H,35,38);5-11,14-16,19H,12-13,17-18H2,1-4H3,(H,34,35);6-7,10-12,14-15,30-31H,8-9,13H2,1-5H3,(H,27,32);3H,4H2,1-2H3;1H3;2*1H4/i;;;;1D;;. The molecule has 0 aliphatic carbocycles. The number of carboxylic acid groups (broad SMARTS) is 1. The molecule has 0 saturated carbocycles.